The van der Waals surface area contributed by atoms with Crippen LogP contribution in [-0.2, 0) is 15.0 Å². The molecule has 9 nitrogen and oxygen atoms in total. The molecule has 0 bridgehead atoms. The van der Waals surface area contributed by atoms with Crippen molar-refractivity contribution in [2.45, 2.75) is 6.61 Å². The lowest BCUT2D eigenvalue weighted by Crippen LogP contribution is -2.30. The molecule has 1 amide bonds. The molecule has 1 saturated heterocycles. The number of aromatic nitrogens is 2. The Morgan fingerprint density at radius 2 is 2.08 bits per heavy atom. The van der Waals surface area contributed by atoms with Crippen LogP contribution in [0, 0.1) is 5.82 Å². The van der Waals surface area contributed by atoms with Crippen LogP contribution in [0.4, 0.5) is 18.9 Å². The molecule has 1 aromatic heterocycles. The van der Waals surface area contributed by atoms with Crippen molar-refractivity contribution < 1.29 is 36.2 Å². The number of rotatable bonds is 4. The number of phenolic OH excluding ortho intramolecular Hbond substituents is 1. The molecule has 13 heteroatoms. The van der Waals surface area contributed by atoms with Crippen LogP contribution in [0.15, 0.2) is 18.2 Å². The highest BCUT2D eigenvalue weighted by molar-refractivity contribution is 7.92. The van der Waals surface area contributed by atoms with E-state index >= 15 is 0 Å². The summed E-state index contributed by atoms with van der Waals surface area (Å²) in [6, 6.07) is 3.01. The number of carbonyl (C=O) groups is 1. The Labute approximate surface area is 138 Å². The molecule has 1 aliphatic rings. The summed E-state index contributed by atoms with van der Waals surface area (Å²) in [7, 11) is -4.36. The van der Waals surface area contributed by atoms with Crippen LogP contribution >= 0.6 is 0 Å². The number of hydrogen-bond donors (Lipinski definition) is 3. The highest BCUT2D eigenvalue weighted by Crippen LogP contribution is 2.38. The largest absolute Gasteiger partial charge is 0.506 e. The summed E-state index contributed by atoms with van der Waals surface area (Å²) in [4.78, 5) is 11.3. The standard InChI is InChI=1S/C12H9F3N4O5S/c13-10-5(6-3-9(17-16-6)24-12(14)15)1-2-7(20)11(10)19-4-8(21)18-25(19,22)23/h1-3,12,20H,4H2,(H,16,17)(H,18,21). The minimum Gasteiger partial charge on any atom is -0.506 e. The smallest absolute Gasteiger partial charge is 0.388 e. The van der Waals surface area contributed by atoms with Gasteiger partial charge in [-0.1, -0.05) is 0 Å². The number of alkyl halides is 2. The fourth-order valence-electron chi connectivity index (χ4n) is 2.23. The molecule has 1 aliphatic heterocycles. The van der Waals surface area contributed by atoms with Crippen LogP contribution in [-0.4, -0.2) is 42.8 Å². The predicted octanol–water partition coefficient (Wildman–Crippen LogP) is 0.704. The Kier molecular flexibility index (Phi) is 3.94. The Morgan fingerprint density at radius 3 is 2.68 bits per heavy atom. The molecule has 0 spiro atoms. The minimum atomic E-state index is -4.36. The van der Waals surface area contributed by atoms with E-state index in [1.54, 1.807) is 4.72 Å². The molecular weight excluding hydrogens is 369 g/mol. The third-order valence-corrected chi connectivity index (χ3v) is 4.59. The number of nitrogens with one attached hydrogen (secondary N) is 2. The molecule has 25 heavy (non-hydrogen) atoms. The van der Waals surface area contributed by atoms with Crippen molar-refractivity contribution in [3.05, 3.63) is 24.0 Å². The monoisotopic (exact) mass is 378 g/mol. The van der Waals surface area contributed by atoms with Crippen LogP contribution in [0.25, 0.3) is 11.3 Å². The van der Waals surface area contributed by atoms with Crippen molar-refractivity contribution in [3.63, 3.8) is 0 Å². The van der Waals surface area contributed by atoms with Crippen molar-refractivity contribution in [2.24, 2.45) is 0 Å². The van der Waals surface area contributed by atoms with E-state index in [9.17, 15) is 31.5 Å². The number of H-pyrrole nitrogens is 1. The van der Waals surface area contributed by atoms with Crippen LogP contribution in [0.3, 0.4) is 0 Å². The van der Waals surface area contributed by atoms with Crippen LogP contribution in [0.1, 0.15) is 0 Å². The Balaban J connectivity index is 2.07. The summed E-state index contributed by atoms with van der Waals surface area (Å²) in [5.74, 6) is -3.29. The maximum Gasteiger partial charge on any atom is 0.388 e. The first-order valence-electron chi connectivity index (χ1n) is 6.54. The summed E-state index contributed by atoms with van der Waals surface area (Å²) >= 11 is 0. The Hall–Kier alpha value is -2.96. The first-order chi connectivity index (χ1) is 11.7. The molecule has 2 heterocycles. The number of aromatic amines is 1. The van der Waals surface area contributed by atoms with E-state index in [1.807, 2.05) is 0 Å². The zero-order valence-electron chi connectivity index (χ0n) is 12.0. The van der Waals surface area contributed by atoms with Gasteiger partial charge in [-0.05, 0) is 12.1 Å². The van der Waals surface area contributed by atoms with Gasteiger partial charge in [0.1, 0.15) is 18.0 Å². The van der Waals surface area contributed by atoms with Crippen LogP contribution in [0.5, 0.6) is 11.6 Å². The fourth-order valence-corrected chi connectivity index (χ4v) is 3.40. The maximum absolute atomic E-state index is 14.8. The molecule has 0 unspecified atom stereocenters. The van der Waals surface area contributed by atoms with Gasteiger partial charge in [0, 0.05) is 11.6 Å². The summed E-state index contributed by atoms with van der Waals surface area (Å²) in [6.45, 7) is -3.85. The Bertz CT molecular complexity index is 946. The number of carbonyl (C=O) groups excluding carboxylic acids is 1. The molecule has 0 atom stereocenters. The molecule has 2 aromatic rings. The van der Waals surface area contributed by atoms with Gasteiger partial charge in [0.05, 0.1) is 5.69 Å². The Morgan fingerprint density at radius 1 is 1.36 bits per heavy atom. The van der Waals surface area contributed by atoms with Gasteiger partial charge in [0.2, 0.25) is 5.88 Å². The summed E-state index contributed by atoms with van der Waals surface area (Å²) < 4.78 is 68.8. The molecule has 1 fully saturated rings. The fraction of sp³-hybridized carbons (Fsp3) is 0.167. The highest BCUT2D eigenvalue weighted by Gasteiger charge is 2.38. The van der Waals surface area contributed by atoms with Gasteiger partial charge in [0.25, 0.3) is 5.91 Å². The molecule has 3 rings (SSSR count). The number of aromatic hydroxyl groups is 1. The second-order valence-electron chi connectivity index (χ2n) is 4.83. The number of ether oxygens (including phenoxy) is 1. The number of amides is 1. The van der Waals surface area contributed by atoms with Gasteiger partial charge < -0.3 is 9.84 Å². The summed E-state index contributed by atoms with van der Waals surface area (Å²) in [6.07, 6.45) is 0. The lowest BCUT2D eigenvalue weighted by molar-refractivity contribution is -0.117. The number of halogens is 3. The van der Waals surface area contributed by atoms with Gasteiger partial charge in [0.15, 0.2) is 5.82 Å². The van der Waals surface area contributed by atoms with Crippen LogP contribution < -0.4 is 13.8 Å². The molecule has 0 saturated carbocycles. The zero-order valence-corrected chi connectivity index (χ0v) is 12.8. The number of hydrogen-bond acceptors (Lipinski definition) is 6. The first-order valence-corrected chi connectivity index (χ1v) is 7.98. The lowest BCUT2D eigenvalue weighted by Gasteiger charge is -2.18. The average Bonchev–Trinajstić information content (AvgIpc) is 3.03. The highest BCUT2D eigenvalue weighted by atomic mass is 32.2. The SMILES string of the molecule is O=C1CN(c2c(O)ccc(-c3cc(OC(F)F)[nH]n3)c2F)S(=O)(=O)N1. The van der Waals surface area contributed by atoms with Gasteiger partial charge >= 0.3 is 16.8 Å². The second kappa shape index (κ2) is 5.84. The lowest BCUT2D eigenvalue weighted by atomic mass is 10.1. The minimum absolute atomic E-state index is 0.176. The van der Waals surface area contributed by atoms with Crippen molar-refractivity contribution in [1.82, 2.24) is 14.9 Å². The van der Waals surface area contributed by atoms with E-state index in [1.165, 1.54) is 0 Å². The number of anilines is 1. The van der Waals surface area contributed by atoms with Crippen molar-refractivity contribution >= 4 is 21.8 Å². The first kappa shape index (κ1) is 16.9. The van der Waals surface area contributed by atoms with E-state index < -0.39 is 52.4 Å². The van der Waals surface area contributed by atoms with Crippen molar-refractivity contribution in [3.8, 4) is 22.9 Å². The van der Waals surface area contributed by atoms with E-state index in [2.05, 4.69) is 14.9 Å². The molecule has 134 valence electrons. The van der Waals surface area contributed by atoms with Gasteiger partial charge in [-0.15, -0.1) is 0 Å². The normalized spacial score (nSPS) is 16.3. The molecular formula is C12H9F3N4O5S. The third kappa shape index (κ3) is 3.05. The molecule has 1 aromatic carbocycles. The van der Waals surface area contributed by atoms with Crippen LogP contribution in [0.2, 0.25) is 0 Å². The summed E-state index contributed by atoms with van der Waals surface area (Å²) in [5.41, 5.74) is -1.25. The predicted molar refractivity (Wildman–Crippen MR) is 76.7 cm³/mol. The molecule has 3 N–H and O–H groups in total. The average molecular weight is 378 g/mol. The number of phenols is 1. The van der Waals surface area contributed by atoms with E-state index in [0.29, 0.717) is 4.31 Å². The van der Waals surface area contributed by atoms with E-state index in [4.69, 9.17) is 0 Å². The topological polar surface area (TPSA) is 125 Å². The quantitative estimate of drug-likeness (QED) is 0.720. The molecule has 0 radical (unpaired) electrons. The van der Waals surface area contributed by atoms with E-state index in [0.717, 1.165) is 18.2 Å². The second-order valence-corrected chi connectivity index (χ2v) is 6.42. The van der Waals surface area contributed by atoms with Gasteiger partial charge in [-0.3, -0.25) is 4.79 Å². The van der Waals surface area contributed by atoms with Gasteiger partial charge in [-0.2, -0.15) is 22.3 Å². The van der Waals surface area contributed by atoms with Gasteiger partial charge in [-0.25, -0.2) is 18.5 Å². The van der Waals surface area contributed by atoms with Crippen molar-refractivity contribution in [1.29, 1.82) is 0 Å². The summed E-state index contributed by atoms with van der Waals surface area (Å²) in [5, 5.41) is 15.5. The number of nitrogens with zero attached hydrogens (tertiary/aromatic N) is 2. The number of benzene rings is 1. The molecule has 0 aliphatic carbocycles. The van der Waals surface area contributed by atoms with E-state index in [-0.39, 0.29) is 11.3 Å². The van der Waals surface area contributed by atoms with Crippen molar-refractivity contribution in [2.75, 3.05) is 10.8 Å². The zero-order chi connectivity index (χ0) is 18.4. The third-order valence-electron chi connectivity index (χ3n) is 3.21. The maximum atomic E-state index is 14.8.